The van der Waals surface area contributed by atoms with E-state index < -0.39 is 5.82 Å². The average molecular weight is 560 g/mol. The summed E-state index contributed by atoms with van der Waals surface area (Å²) in [6, 6.07) is 10.3. The Kier molecular flexibility index (Phi) is 8.44. The molecule has 1 fully saturated rings. The molecule has 0 aliphatic carbocycles. The third kappa shape index (κ3) is 5.99. The molecule has 0 radical (unpaired) electrons. The maximum atomic E-state index is 14.3. The highest BCUT2D eigenvalue weighted by molar-refractivity contribution is 5.96. The Hall–Kier alpha value is -4.51. The van der Waals surface area contributed by atoms with E-state index in [2.05, 4.69) is 25.9 Å². The standard InChI is InChI=1S/C30H34FN7O3/c1-19-16-22(5-6-23(19)30(40)37-13-8-20(9-14-37)29(39)34-11-10-32-2)36-27-28-35-18-25(38(28)15-12-33-27)21-4-7-26(41-3)24(31)17-21/h4-7,12,15-18,20,32H,8-11,13-14H2,1-3H3,(H,33,36)(H,34,39). The number of hydrogen-bond acceptors (Lipinski definition) is 7. The number of ether oxygens (including phenoxy) is 1. The lowest BCUT2D eigenvalue weighted by Crippen LogP contribution is -2.44. The first-order valence-electron chi connectivity index (χ1n) is 13.6. The molecule has 1 saturated heterocycles. The Morgan fingerprint density at radius 3 is 2.61 bits per heavy atom. The van der Waals surface area contributed by atoms with E-state index in [-0.39, 0.29) is 23.5 Å². The van der Waals surface area contributed by atoms with E-state index >= 15 is 0 Å². The van der Waals surface area contributed by atoms with Crippen LogP contribution in [-0.4, -0.2) is 71.4 Å². The van der Waals surface area contributed by atoms with Crippen molar-refractivity contribution in [2.45, 2.75) is 19.8 Å². The summed E-state index contributed by atoms with van der Waals surface area (Å²) in [6.45, 7) is 4.33. The van der Waals surface area contributed by atoms with Gasteiger partial charge in [-0.1, -0.05) is 0 Å². The van der Waals surface area contributed by atoms with Crippen LogP contribution >= 0.6 is 0 Å². The molecule has 0 atom stereocenters. The summed E-state index contributed by atoms with van der Waals surface area (Å²) in [7, 11) is 3.28. The third-order valence-electron chi connectivity index (χ3n) is 7.42. The maximum absolute atomic E-state index is 14.3. The van der Waals surface area contributed by atoms with Gasteiger partial charge in [0.05, 0.1) is 19.0 Å². The number of carbonyl (C=O) groups excluding carboxylic acids is 2. The minimum atomic E-state index is -0.451. The van der Waals surface area contributed by atoms with Crippen LogP contribution in [0.5, 0.6) is 5.75 Å². The molecule has 0 bridgehead atoms. The molecule has 0 spiro atoms. The molecular formula is C30H34FN7O3. The minimum Gasteiger partial charge on any atom is -0.494 e. The summed E-state index contributed by atoms with van der Waals surface area (Å²) < 4.78 is 21.2. The van der Waals surface area contributed by atoms with Crippen molar-refractivity contribution >= 4 is 29.0 Å². The number of aromatic nitrogens is 3. The number of fused-ring (bicyclic) bond motifs is 1. The first-order chi connectivity index (χ1) is 19.9. The summed E-state index contributed by atoms with van der Waals surface area (Å²) in [6.07, 6.45) is 6.40. The average Bonchev–Trinajstić information content (AvgIpc) is 3.42. The molecule has 214 valence electrons. The van der Waals surface area contributed by atoms with Crippen LogP contribution in [0, 0.1) is 18.7 Å². The fourth-order valence-electron chi connectivity index (χ4n) is 5.13. The molecule has 0 saturated carbocycles. The van der Waals surface area contributed by atoms with E-state index in [1.54, 1.807) is 30.7 Å². The fraction of sp³-hybridized carbons (Fsp3) is 0.333. The number of halogens is 1. The number of anilines is 2. The third-order valence-corrected chi connectivity index (χ3v) is 7.42. The second-order valence-electron chi connectivity index (χ2n) is 10.1. The van der Waals surface area contributed by atoms with Gasteiger partial charge in [0.25, 0.3) is 5.91 Å². The van der Waals surface area contributed by atoms with Gasteiger partial charge in [-0.2, -0.15) is 0 Å². The van der Waals surface area contributed by atoms with E-state index in [1.807, 2.05) is 41.5 Å². The normalized spacial score (nSPS) is 13.8. The van der Waals surface area contributed by atoms with E-state index in [0.717, 1.165) is 17.8 Å². The number of carbonyl (C=O) groups is 2. The zero-order chi connectivity index (χ0) is 28.9. The number of hydrogen-bond donors (Lipinski definition) is 3. The fourth-order valence-corrected chi connectivity index (χ4v) is 5.13. The first-order valence-corrected chi connectivity index (χ1v) is 13.6. The number of likely N-dealkylation sites (N-methyl/N-ethyl adjacent to an activating group) is 1. The highest BCUT2D eigenvalue weighted by Crippen LogP contribution is 2.29. The Morgan fingerprint density at radius 2 is 1.90 bits per heavy atom. The molecule has 3 heterocycles. The molecule has 1 aliphatic rings. The second kappa shape index (κ2) is 12.3. The van der Waals surface area contributed by atoms with Crippen molar-refractivity contribution in [1.29, 1.82) is 0 Å². The molecule has 11 heteroatoms. The van der Waals surface area contributed by atoms with Gasteiger partial charge in [0, 0.05) is 61.3 Å². The lowest BCUT2D eigenvalue weighted by molar-refractivity contribution is -0.126. The van der Waals surface area contributed by atoms with Crippen LogP contribution in [0.15, 0.2) is 55.0 Å². The molecule has 2 aromatic heterocycles. The zero-order valence-corrected chi connectivity index (χ0v) is 23.4. The Balaban J connectivity index is 1.27. The number of piperidine rings is 1. The molecular weight excluding hydrogens is 525 g/mol. The highest BCUT2D eigenvalue weighted by atomic mass is 19.1. The van der Waals surface area contributed by atoms with Gasteiger partial charge >= 0.3 is 0 Å². The predicted octanol–water partition coefficient (Wildman–Crippen LogP) is 3.78. The molecule has 4 aromatic rings. The van der Waals surface area contributed by atoms with Crippen LogP contribution < -0.4 is 20.7 Å². The largest absolute Gasteiger partial charge is 0.494 e. The molecule has 5 rings (SSSR count). The van der Waals surface area contributed by atoms with Gasteiger partial charge in [-0.25, -0.2) is 14.4 Å². The van der Waals surface area contributed by atoms with Crippen LogP contribution in [0.1, 0.15) is 28.8 Å². The summed E-state index contributed by atoms with van der Waals surface area (Å²) in [5.41, 5.74) is 4.17. The second-order valence-corrected chi connectivity index (χ2v) is 10.1. The molecule has 2 amide bonds. The molecule has 2 aromatic carbocycles. The van der Waals surface area contributed by atoms with Crippen molar-refractivity contribution in [2.24, 2.45) is 5.92 Å². The quantitative estimate of drug-likeness (QED) is 0.268. The number of benzene rings is 2. The molecule has 3 N–H and O–H groups in total. The van der Waals surface area contributed by atoms with Crippen molar-refractivity contribution in [3.8, 4) is 17.0 Å². The number of rotatable bonds is 9. The van der Waals surface area contributed by atoms with Crippen molar-refractivity contribution in [3.63, 3.8) is 0 Å². The number of likely N-dealkylation sites (tertiary alicyclic amines) is 1. The maximum Gasteiger partial charge on any atom is 0.254 e. The van der Waals surface area contributed by atoms with Crippen LogP contribution in [0.2, 0.25) is 0 Å². The Labute approximate surface area is 237 Å². The molecule has 0 unspecified atom stereocenters. The molecule has 10 nitrogen and oxygen atoms in total. The van der Waals surface area contributed by atoms with Crippen molar-refractivity contribution in [2.75, 3.05) is 45.7 Å². The Morgan fingerprint density at radius 1 is 1.10 bits per heavy atom. The summed E-state index contributed by atoms with van der Waals surface area (Å²) in [4.78, 5) is 36.5. The van der Waals surface area contributed by atoms with E-state index in [4.69, 9.17) is 4.74 Å². The summed E-state index contributed by atoms with van der Waals surface area (Å²) >= 11 is 0. The van der Waals surface area contributed by atoms with Gasteiger partial charge in [-0.05, 0) is 68.8 Å². The predicted molar refractivity (Wildman–Crippen MR) is 155 cm³/mol. The van der Waals surface area contributed by atoms with Gasteiger partial charge in [0.15, 0.2) is 23.0 Å². The summed E-state index contributed by atoms with van der Waals surface area (Å²) in [5, 5.41) is 9.27. The van der Waals surface area contributed by atoms with Crippen LogP contribution in [-0.2, 0) is 4.79 Å². The first kappa shape index (κ1) is 28.0. The molecule has 41 heavy (non-hydrogen) atoms. The number of aryl methyl sites for hydroxylation is 1. The van der Waals surface area contributed by atoms with Crippen LogP contribution in [0.3, 0.4) is 0 Å². The van der Waals surface area contributed by atoms with Crippen molar-refractivity contribution < 1.29 is 18.7 Å². The van der Waals surface area contributed by atoms with Gasteiger partial charge in [0.2, 0.25) is 5.91 Å². The van der Waals surface area contributed by atoms with Gasteiger partial charge in [-0.15, -0.1) is 0 Å². The highest BCUT2D eigenvalue weighted by Gasteiger charge is 2.28. The minimum absolute atomic E-state index is 0.0343. The monoisotopic (exact) mass is 559 g/mol. The van der Waals surface area contributed by atoms with Gasteiger partial charge in [0.1, 0.15) is 0 Å². The zero-order valence-electron chi connectivity index (χ0n) is 23.4. The smallest absolute Gasteiger partial charge is 0.254 e. The SMILES string of the molecule is CNCCNC(=O)C1CCN(C(=O)c2ccc(Nc3nccn4c(-c5ccc(OC)c(F)c5)cnc34)cc2C)CC1. The van der Waals surface area contributed by atoms with E-state index in [9.17, 15) is 14.0 Å². The van der Waals surface area contributed by atoms with Crippen molar-refractivity contribution in [3.05, 3.63) is 71.9 Å². The lowest BCUT2D eigenvalue weighted by Gasteiger charge is -2.31. The Bertz CT molecular complexity index is 1560. The van der Waals surface area contributed by atoms with E-state index in [1.165, 1.54) is 13.2 Å². The number of methoxy groups -OCH3 is 1. The van der Waals surface area contributed by atoms with Gasteiger partial charge < -0.3 is 25.6 Å². The lowest BCUT2D eigenvalue weighted by atomic mass is 9.95. The number of amides is 2. The number of nitrogens with zero attached hydrogens (tertiary/aromatic N) is 4. The van der Waals surface area contributed by atoms with Gasteiger partial charge in [-0.3, -0.25) is 14.0 Å². The number of nitrogens with one attached hydrogen (secondary N) is 3. The van der Waals surface area contributed by atoms with Crippen molar-refractivity contribution in [1.82, 2.24) is 29.9 Å². The summed E-state index contributed by atoms with van der Waals surface area (Å²) in [5.74, 6) is 0.215. The van der Waals surface area contributed by atoms with Crippen LogP contribution in [0.4, 0.5) is 15.9 Å². The number of imidazole rings is 1. The van der Waals surface area contributed by atoms with E-state index in [0.29, 0.717) is 60.8 Å². The topological polar surface area (TPSA) is 113 Å². The molecule has 1 aliphatic heterocycles. The van der Waals surface area contributed by atoms with Crippen LogP contribution in [0.25, 0.3) is 16.9 Å².